The molecule has 2 N–H and O–H groups in total. The van der Waals surface area contributed by atoms with Crippen LogP contribution in [-0.4, -0.2) is 0 Å². The Morgan fingerprint density at radius 2 is 1.76 bits per heavy atom. The Labute approximate surface area is 105 Å². The van der Waals surface area contributed by atoms with E-state index >= 15 is 0 Å². The van der Waals surface area contributed by atoms with E-state index in [2.05, 4.69) is 15.9 Å². The number of nitrogens with two attached hydrogens (primary N) is 1. The van der Waals surface area contributed by atoms with Gasteiger partial charge in [-0.2, -0.15) is 0 Å². The maximum atomic E-state index is 13.4. The van der Waals surface area contributed by atoms with Crippen molar-refractivity contribution in [3.63, 3.8) is 0 Å². The molecule has 0 saturated carbocycles. The second kappa shape index (κ2) is 4.71. The van der Waals surface area contributed by atoms with E-state index in [0.29, 0.717) is 11.4 Å². The van der Waals surface area contributed by atoms with E-state index in [-0.39, 0.29) is 5.75 Å². The number of hydrogen-bond acceptors (Lipinski definition) is 2. The van der Waals surface area contributed by atoms with Gasteiger partial charge >= 0.3 is 0 Å². The average Bonchev–Trinajstić information content (AvgIpc) is 2.27. The fraction of sp³-hybridized carbons (Fsp3) is 0. The first kappa shape index (κ1) is 11.9. The van der Waals surface area contributed by atoms with Crippen molar-refractivity contribution < 1.29 is 13.5 Å². The molecule has 0 saturated heterocycles. The van der Waals surface area contributed by atoms with Crippen molar-refractivity contribution in [2.75, 3.05) is 5.73 Å². The number of benzene rings is 2. The first-order valence-corrected chi connectivity index (χ1v) is 5.53. The van der Waals surface area contributed by atoms with Crippen molar-refractivity contribution in [2.45, 2.75) is 0 Å². The summed E-state index contributed by atoms with van der Waals surface area (Å²) in [6, 6.07) is 8.06. The van der Waals surface area contributed by atoms with Crippen molar-refractivity contribution in [1.29, 1.82) is 0 Å². The van der Waals surface area contributed by atoms with Gasteiger partial charge in [0.15, 0.2) is 17.3 Å². The second-order valence-corrected chi connectivity index (χ2v) is 4.27. The van der Waals surface area contributed by atoms with Crippen LogP contribution in [0.5, 0.6) is 11.5 Å². The van der Waals surface area contributed by atoms with Gasteiger partial charge in [-0.25, -0.2) is 8.78 Å². The Hall–Kier alpha value is -1.62. The summed E-state index contributed by atoms with van der Waals surface area (Å²) in [7, 11) is 0. The van der Waals surface area contributed by atoms with Gasteiger partial charge in [0.2, 0.25) is 0 Å². The Morgan fingerprint density at radius 1 is 1.00 bits per heavy atom. The maximum absolute atomic E-state index is 13.4. The lowest BCUT2D eigenvalue weighted by atomic mass is 10.3. The van der Waals surface area contributed by atoms with Crippen molar-refractivity contribution in [3.8, 4) is 11.5 Å². The quantitative estimate of drug-likeness (QED) is 0.847. The van der Waals surface area contributed by atoms with Gasteiger partial charge in [0.1, 0.15) is 5.82 Å². The van der Waals surface area contributed by atoms with Gasteiger partial charge in [0.25, 0.3) is 0 Å². The van der Waals surface area contributed by atoms with E-state index in [1.165, 1.54) is 6.07 Å². The SMILES string of the molecule is Nc1ccc(Br)cc1Oc1ccc(F)cc1F. The van der Waals surface area contributed by atoms with Crippen LogP contribution >= 0.6 is 15.9 Å². The van der Waals surface area contributed by atoms with Crippen LogP contribution in [0.3, 0.4) is 0 Å². The smallest absolute Gasteiger partial charge is 0.168 e. The summed E-state index contributed by atoms with van der Waals surface area (Å²) in [6.07, 6.45) is 0. The van der Waals surface area contributed by atoms with Crippen LogP contribution in [0.1, 0.15) is 0 Å². The van der Waals surface area contributed by atoms with Crippen LogP contribution in [0.15, 0.2) is 40.9 Å². The zero-order chi connectivity index (χ0) is 12.4. The molecule has 2 nitrogen and oxygen atoms in total. The molecule has 0 bridgehead atoms. The summed E-state index contributed by atoms with van der Waals surface area (Å²) in [4.78, 5) is 0. The number of nitrogen functional groups attached to an aromatic ring is 1. The monoisotopic (exact) mass is 299 g/mol. The molecular weight excluding hydrogens is 292 g/mol. The minimum absolute atomic E-state index is 0.0730. The molecule has 2 aromatic rings. The van der Waals surface area contributed by atoms with Crippen molar-refractivity contribution in [3.05, 3.63) is 52.5 Å². The molecule has 0 aromatic heterocycles. The van der Waals surface area contributed by atoms with Crippen LogP contribution in [0.25, 0.3) is 0 Å². The molecule has 2 rings (SSSR count). The molecule has 17 heavy (non-hydrogen) atoms. The van der Waals surface area contributed by atoms with Gasteiger partial charge < -0.3 is 10.5 Å². The van der Waals surface area contributed by atoms with Gasteiger partial charge in [0, 0.05) is 10.5 Å². The number of hydrogen-bond donors (Lipinski definition) is 1. The highest BCUT2D eigenvalue weighted by Gasteiger charge is 2.08. The summed E-state index contributed by atoms with van der Waals surface area (Å²) >= 11 is 3.25. The molecule has 0 fully saturated rings. The molecular formula is C12H8BrF2NO. The Balaban J connectivity index is 2.34. The fourth-order valence-electron chi connectivity index (χ4n) is 1.27. The highest BCUT2D eigenvalue weighted by molar-refractivity contribution is 9.10. The van der Waals surface area contributed by atoms with Gasteiger partial charge in [-0.15, -0.1) is 0 Å². The third kappa shape index (κ3) is 2.74. The van der Waals surface area contributed by atoms with E-state index in [0.717, 1.165) is 16.6 Å². The van der Waals surface area contributed by atoms with E-state index in [1.807, 2.05) is 0 Å². The lowest BCUT2D eigenvalue weighted by molar-refractivity contribution is 0.439. The third-order valence-corrected chi connectivity index (χ3v) is 2.58. The predicted octanol–water partition coefficient (Wildman–Crippen LogP) is 4.10. The van der Waals surface area contributed by atoms with Crippen molar-refractivity contribution in [2.24, 2.45) is 0 Å². The largest absolute Gasteiger partial charge is 0.452 e. The van der Waals surface area contributed by atoms with Crippen LogP contribution < -0.4 is 10.5 Å². The molecule has 0 heterocycles. The Bertz CT molecular complexity index is 560. The average molecular weight is 300 g/mol. The normalized spacial score (nSPS) is 10.3. The molecule has 0 spiro atoms. The predicted molar refractivity (Wildman–Crippen MR) is 65.0 cm³/mol. The molecule has 5 heteroatoms. The van der Waals surface area contributed by atoms with Crippen LogP contribution in [0, 0.1) is 11.6 Å². The number of rotatable bonds is 2. The first-order chi connectivity index (χ1) is 8.06. The fourth-order valence-corrected chi connectivity index (χ4v) is 1.61. The third-order valence-electron chi connectivity index (χ3n) is 2.09. The highest BCUT2D eigenvalue weighted by atomic mass is 79.9. The van der Waals surface area contributed by atoms with Crippen molar-refractivity contribution >= 4 is 21.6 Å². The topological polar surface area (TPSA) is 35.2 Å². The molecule has 0 aliphatic carbocycles. The van der Waals surface area contributed by atoms with E-state index < -0.39 is 11.6 Å². The summed E-state index contributed by atoms with van der Waals surface area (Å²) < 4.78 is 32.1. The van der Waals surface area contributed by atoms with Crippen LogP contribution in [-0.2, 0) is 0 Å². The molecule has 2 aromatic carbocycles. The van der Waals surface area contributed by atoms with Gasteiger partial charge in [-0.1, -0.05) is 15.9 Å². The lowest BCUT2D eigenvalue weighted by Crippen LogP contribution is -1.94. The number of anilines is 1. The number of ether oxygens (including phenoxy) is 1. The van der Waals surface area contributed by atoms with Gasteiger partial charge in [-0.3, -0.25) is 0 Å². The zero-order valence-corrected chi connectivity index (χ0v) is 10.2. The van der Waals surface area contributed by atoms with Crippen LogP contribution in [0.4, 0.5) is 14.5 Å². The number of halogens is 3. The van der Waals surface area contributed by atoms with Gasteiger partial charge in [0.05, 0.1) is 5.69 Å². The molecule has 0 amide bonds. The maximum Gasteiger partial charge on any atom is 0.168 e. The molecule has 0 aliphatic heterocycles. The van der Waals surface area contributed by atoms with E-state index in [1.54, 1.807) is 18.2 Å². The summed E-state index contributed by atoms with van der Waals surface area (Å²) in [5.74, 6) is -1.19. The van der Waals surface area contributed by atoms with Crippen molar-refractivity contribution in [1.82, 2.24) is 0 Å². The minimum Gasteiger partial charge on any atom is -0.452 e. The van der Waals surface area contributed by atoms with E-state index in [9.17, 15) is 8.78 Å². The lowest BCUT2D eigenvalue weighted by Gasteiger charge is -2.09. The first-order valence-electron chi connectivity index (χ1n) is 4.74. The standard InChI is InChI=1S/C12H8BrF2NO/c13-7-1-3-10(16)12(5-7)17-11-4-2-8(14)6-9(11)15/h1-6H,16H2. The Kier molecular flexibility index (Phi) is 3.28. The van der Waals surface area contributed by atoms with Crippen LogP contribution in [0.2, 0.25) is 0 Å². The molecule has 0 unspecified atom stereocenters. The minimum atomic E-state index is -0.774. The molecule has 0 atom stereocenters. The van der Waals surface area contributed by atoms with E-state index in [4.69, 9.17) is 10.5 Å². The molecule has 88 valence electrons. The summed E-state index contributed by atoms with van der Waals surface area (Å²) in [5.41, 5.74) is 6.05. The Morgan fingerprint density at radius 3 is 2.47 bits per heavy atom. The summed E-state index contributed by atoms with van der Waals surface area (Å²) in [6.45, 7) is 0. The molecule has 0 aliphatic rings. The second-order valence-electron chi connectivity index (χ2n) is 3.36. The molecule has 0 radical (unpaired) electrons. The van der Waals surface area contributed by atoms with Gasteiger partial charge in [-0.05, 0) is 30.3 Å². The zero-order valence-electron chi connectivity index (χ0n) is 8.58. The highest BCUT2D eigenvalue weighted by Crippen LogP contribution is 2.31. The summed E-state index contributed by atoms with van der Waals surface area (Å²) in [5, 5.41) is 0.